The molecular weight excluding hydrogens is 349 g/mol. The van der Waals surface area contributed by atoms with Crippen molar-refractivity contribution in [2.75, 3.05) is 0 Å². The van der Waals surface area contributed by atoms with Crippen LogP contribution in [0.4, 0.5) is 30.7 Å². The predicted octanol–water partition coefficient (Wildman–Crippen LogP) is 4.36. The largest absolute Gasteiger partial charge is 0.403 e. The Bertz CT molecular complexity index is 440. The van der Waals surface area contributed by atoms with E-state index in [4.69, 9.17) is 0 Å². The number of hydrogen-bond donors (Lipinski definition) is 1. The van der Waals surface area contributed by atoms with Crippen LogP contribution in [0.1, 0.15) is 11.7 Å². The molecule has 1 atom stereocenters. The summed E-state index contributed by atoms with van der Waals surface area (Å²) in [5.74, 6) is -5.40. The number of hydrogen-bond acceptors (Lipinski definition) is 1. The van der Waals surface area contributed by atoms with Gasteiger partial charge in [-0.05, 0) is 18.2 Å². The minimum absolute atomic E-state index is 0.0473. The predicted molar refractivity (Wildman–Crippen MR) is 54.7 cm³/mol. The first-order valence-electron chi connectivity index (χ1n) is 4.71. The van der Waals surface area contributed by atoms with E-state index in [0.29, 0.717) is 12.1 Å². The summed E-state index contributed by atoms with van der Waals surface area (Å²) in [4.78, 5) is 0. The van der Waals surface area contributed by atoms with Crippen molar-refractivity contribution in [1.29, 1.82) is 0 Å². The highest BCUT2D eigenvalue weighted by molar-refractivity contribution is 9.10. The lowest BCUT2D eigenvalue weighted by atomic mass is 9.94. The Labute approximate surface area is 111 Å². The second-order valence-electron chi connectivity index (χ2n) is 3.67. The highest BCUT2D eigenvalue weighted by Gasteiger charge is 2.60. The Kier molecular flexibility index (Phi) is 4.51. The van der Waals surface area contributed by atoms with Crippen LogP contribution in [0, 0.1) is 11.7 Å². The Morgan fingerprint density at radius 1 is 1.00 bits per heavy atom. The van der Waals surface area contributed by atoms with Gasteiger partial charge in [0.25, 0.3) is 0 Å². The molecule has 0 aromatic heterocycles. The molecule has 0 radical (unpaired) electrons. The standard InChI is InChI=1S/C10H6BrF7O/c11-4-1-2-6(12)5(3-4)7(19)8(9(13,14)15)10(16,17)18/h1-3,7-8,19H. The molecule has 1 unspecified atom stereocenters. The van der Waals surface area contributed by atoms with Crippen molar-refractivity contribution in [2.45, 2.75) is 18.5 Å². The van der Waals surface area contributed by atoms with Crippen LogP contribution in [0.25, 0.3) is 0 Å². The van der Waals surface area contributed by atoms with Crippen LogP contribution in [0.3, 0.4) is 0 Å². The third-order valence-corrected chi connectivity index (χ3v) is 2.79. The van der Waals surface area contributed by atoms with E-state index in [2.05, 4.69) is 15.9 Å². The fourth-order valence-electron chi connectivity index (χ4n) is 1.46. The zero-order chi connectivity index (χ0) is 15.0. The van der Waals surface area contributed by atoms with Crippen LogP contribution in [0.15, 0.2) is 22.7 Å². The zero-order valence-corrected chi connectivity index (χ0v) is 10.4. The minimum atomic E-state index is -5.74. The van der Waals surface area contributed by atoms with Crippen molar-refractivity contribution in [2.24, 2.45) is 5.92 Å². The molecule has 1 rings (SSSR count). The third-order valence-electron chi connectivity index (χ3n) is 2.30. The van der Waals surface area contributed by atoms with Crippen LogP contribution >= 0.6 is 15.9 Å². The van der Waals surface area contributed by atoms with Gasteiger partial charge < -0.3 is 5.11 Å². The molecule has 108 valence electrons. The van der Waals surface area contributed by atoms with E-state index < -0.39 is 35.8 Å². The third kappa shape index (κ3) is 3.82. The van der Waals surface area contributed by atoms with Crippen LogP contribution < -0.4 is 0 Å². The maximum Gasteiger partial charge on any atom is 0.403 e. The molecule has 1 nitrogen and oxygen atoms in total. The molecule has 0 aliphatic heterocycles. The molecule has 0 heterocycles. The first-order chi connectivity index (χ1) is 8.44. The maximum absolute atomic E-state index is 13.2. The van der Waals surface area contributed by atoms with E-state index in [1.807, 2.05) is 0 Å². The number of aliphatic hydroxyl groups is 1. The van der Waals surface area contributed by atoms with Gasteiger partial charge in [0.1, 0.15) is 11.9 Å². The molecule has 0 amide bonds. The van der Waals surface area contributed by atoms with Crippen molar-refractivity contribution in [3.63, 3.8) is 0 Å². The van der Waals surface area contributed by atoms with Gasteiger partial charge in [-0.25, -0.2) is 4.39 Å². The number of benzene rings is 1. The van der Waals surface area contributed by atoms with Gasteiger partial charge in [-0.15, -0.1) is 0 Å². The van der Waals surface area contributed by atoms with E-state index in [0.717, 1.165) is 6.07 Å². The Hall–Kier alpha value is -0.830. The summed E-state index contributed by atoms with van der Waals surface area (Å²) in [6.45, 7) is 0. The maximum atomic E-state index is 13.2. The Morgan fingerprint density at radius 2 is 1.47 bits per heavy atom. The number of alkyl halides is 6. The van der Waals surface area contributed by atoms with Crippen LogP contribution in [0.5, 0.6) is 0 Å². The van der Waals surface area contributed by atoms with Crippen LogP contribution in [0.2, 0.25) is 0 Å². The Balaban J connectivity index is 3.28. The molecule has 1 aromatic carbocycles. The number of rotatable bonds is 2. The van der Waals surface area contributed by atoms with E-state index in [9.17, 15) is 35.8 Å². The van der Waals surface area contributed by atoms with Gasteiger partial charge in [0.15, 0.2) is 5.92 Å². The van der Waals surface area contributed by atoms with Crippen molar-refractivity contribution in [3.8, 4) is 0 Å². The lowest BCUT2D eigenvalue weighted by molar-refractivity contribution is -0.307. The molecule has 0 aliphatic rings. The molecule has 0 bridgehead atoms. The average Bonchev–Trinajstić information content (AvgIpc) is 2.17. The molecule has 0 aliphatic carbocycles. The van der Waals surface area contributed by atoms with E-state index in [1.165, 1.54) is 0 Å². The van der Waals surface area contributed by atoms with Gasteiger partial charge in [0, 0.05) is 10.0 Å². The molecule has 19 heavy (non-hydrogen) atoms. The number of halogens is 8. The topological polar surface area (TPSA) is 20.2 Å². The number of aliphatic hydroxyl groups excluding tert-OH is 1. The van der Waals surface area contributed by atoms with E-state index in [-0.39, 0.29) is 4.47 Å². The summed E-state index contributed by atoms with van der Waals surface area (Å²) in [7, 11) is 0. The van der Waals surface area contributed by atoms with Gasteiger partial charge in [-0.3, -0.25) is 0 Å². The van der Waals surface area contributed by atoms with E-state index >= 15 is 0 Å². The average molecular weight is 355 g/mol. The quantitative estimate of drug-likeness (QED) is 0.782. The van der Waals surface area contributed by atoms with E-state index in [1.54, 1.807) is 0 Å². The monoisotopic (exact) mass is 354 g/mol. The second kappa shape index (κ2) is 5.28. The smallest absolute Gasteiger partial charge is 0.387 e. The molecule has 0 spiro atoms. The molecule has 0 saturated heterocycles. The molecule has 0 saturated carbocycles. The summed E-state index contributed by atoms with van der Waals surface area (Å²) in [6.07, 6.45) is -14.6. The summed E-state index contributed by atoms with van der Waals surface area (Å²) >= 11 is 2.77. The fourth-order valence-corrected chi connectivity index (χ4v) is 1.84. The van der Waals surface area contributed by atoms with Gasteiger partial charge in [-0.2, -0.15) is 26.3 Å². The van der Waals surface area contributed by atoms with Gasteiger partial charge >= 0.3 is 12.4 Å². The minimum Gasteiger partial charge on any atom is -0.387 e. The molecule has 1 aromatic rings. The first kappa shape index (κ1) is 16.2. The van der Waals surface area contributed by atoms with Crippen LogP contribution in [-0.2, 0) is 0 Å². The normalized spacial score (nSPS) is 14.8. The van der Waals surface area contributed by atoms with Crippen molar-refractivity contribution in [1.82, 2.24) is 0 Å². The first-order valence-corrected chi connectivity index (χ1v) is 5.50. The van der Waals surface area contributed by atoms with Gasteiger partial charge in [-0.1, -0.05) is 15.9 Å². The summed E-state index contributed by atoms with van der Waals surface area (Å²) < 4.78 is 87.5. The zero-order valence-electron chi connectivity index (χ0n) is 8.86. The van der Waals surface area contributed by atoms with Crippen molar-refractivity contribution >= 4 is 15.9 Å². The van der Waals surface area contributed by atoms with Crippen LogP contribution in [-0.4, -0.2) is 17.5 Å². The molecule has 1 N–H and O–H groups in total. The van der Waals surface area contributed by atoms with Gasteiger partial charge in [0.05, 0.1) is 0 Å². The lowest BCUT2D eigenvalue weighted by Crippen LogP contribution is -2.41. The summed E-state index contributed by atoms with van der Waals surface area (Å²) in [5.41, 5.74) is -1.07. The summed E-state index contributed by atoms with van der Waals surface area (Å²) in [5, 5.41) is 9.26. The fraction of sp³-hybridized carbons (Fsp3) is 0.400. The molecule has 0 fully saturated rings. The lowest BCUT2D eigenvalue weighted by Gasteiger charge is -2.27. The highest BCUT2D eigenvalue weighted by Crippen LogP contribution is 2.46. The van der Waals surface area contributed by atoms with Crippen molar-refractivity contribution in [3.05, 3.63) is 34.1 Å². The molecular formula is C10H6BrF7O. The SMILES string of the molecule is OC(c1cc(Br)ccc1F)C(C(F)(F)F)C(F)(F)F. The Morgan fingerprint density at radius 3 is 1.89 bits per heavy atom. The highest BCUT2D eigenvalue weighted by atomic mass is 79.9. The second-order valence-corrected chi connectivity index (χ2v) is 4.59. The van der Waals surface area contributed by atoms with Gasteiger partial charge in [0.2, 0.25) is 0 Å². The molecule has 9 heteroatoms. The summed E-state index contributed by atoms with van der Waals surface area (Å²) in [6, 6.07) is 2.42. The van der Waals surface area contributed by atoms with Crippen molar-refractivity contribution < 1.29 is 35.8 Å².